The van der Waals surface area contributed by atoms with Crippen molar-refractivity contribution in [2.75, 3.05) is 6.54 Å². The second-order valence-corrected chi connectivity index (χ2v) is 4.99. The summed E-state index contributed by atoms with van der Waals surface area (Å²) >= 11 is 0. The fourth-order valence-corrected chi connectivity index (χ4v) is 2.72. The SMILES string of the molecule is CCNC1CCC(O)(c2ccc(F)cc2F)CC1. The van der Waals surface area contributed by atoms with Gasteiger partial charge < -0.3 is 10.4 Å². The molecule has 100 valence electrons. The number of hydrogen-bond acceptors (Lipinski definition) is 2. The number of nitrogens with one attached hydrogen (secondary N) is 1. The Morgan fingerprint density at radius 2 is 2.00 bits per heavy atom. The minimum Gasteiger partial charge on any atom is -0.385 e. The average Bonchev–Trinajstić information content (AvgIpc) is 2.32. The molecule has 0 radical (unpaired) electrons. The van der Waals surface area contributed by atoms with E-state index in [0.717, 1.165) is 25.5 Å². The van der Waals surface area contributed by atoms with Crippen LogP contribution in [0.4, 0.5) is 8.78 Å². The van der Waals surface area contributed by atoms with Crippen LogP contribution in [-0.2, 0) is 5.60 Å². The summed E-state index contributed by atoms with van der Waals surface area (Å²) in [6.07, 6.45) is 2.63. The molecule has 0 spiro atoms. The van der Waals surface area contributed by atoms with E-state index in [9.17, 15) is 13.9 Å². The van der Waals surface area contributed by atoms with Crippen LogP contribution in [0.2, 0.25) is 0 Å². The van der Waals surface area contributed by atoms with E-state index >= 15 is 0 Å². The Hall–Kier alpha value is -1.00. The Bertz CT molecular complexity index is 414. The second-order valence-electron chi connectivity index (χ2n) is 4.99. The van der Waals surface area contributed by atoms with E-state index in [1.165, 1.54) is 12.1 Å². The van der Waals surface area contributed by atoms with Crippen molar-refractivity contribution >= 4 is 0 Å². The molecule has 1 aliphatic rings. The van der Waals surface area contributed by atoms with Crippen molar-refractivity contribution in [3.8, 4) is 0 Å². The summed E-state index contributed by atoms with van der Waals surface area (Å²) in [5.74, 6) is -1.26. The first kappa shape index (κ1) is 13.4. The zero-order chi connectivity index (χ0) is 13.2. The molecule has 0 aliphatic heterocycles. The van der Waals surface area contributed by atoms with Gasteiger partial charge in [0.05, 0.1) is 5.60 Å². The van der Waals surface area contributed by atoms with Crippen LogP contribution >= 0.6 is 0 Å². The minimum atomic E-state index is -1.15. The zero-order valence-corrected chi connectivity index (χ0v) is 10.5. The number of aliphatic hydroxyl groups is 1. The lowest BCUT2D eigenvalue weighted by molar-refractivity contribution is -0.0112. The van der Waals surface area contributed by atoms with Crippen LogP contribution in [0.5, 0.6) is 0 Å². The highest BCUT2D eigenvalue weighted by Crippen LogP contribution is 2.38. The molecule has 0 atom stereocenters. The number of halogens is 2. The Balaban J connectivity index is 2.13. The molecular formula is C14H19F2NO. The molecule has 4 heteroatoms. The quantitative estimate of drug-likeness (QED) is 0.870. The average molecular weight is 255 g/mol. The van der Waals surface area contributed by atoms with E-state index in [1.54, 1.807) is 0 Å². The Morgan fingerprint density at radius 1 is 1.33 bits per heavy atom. The van der Waals surface area contributed by atoms with Crippen LogP contribution < -0.4 is 5.32 Å². The summed E-state index contributed by atoms with van der Waals surface area (Å²) in [6.45, 7) is 2.94. The van der Waals surface area contributed by atoms with Crippen LogP contribution in [0, 0.1) is 11.6 Å². The largest absolute Gasteiger partial charge is 0.385 e. The summed E-state index contributed by atoms with van der Waals surface area (Å²) in [4.78, 5) is 0. The monoisotopic (exact) mass is 255 g/mol. The van der Waals surface area contributed by atoms with Crippen LogP contribution in [0.25, 0.3) is 0 Å². The van der Waals surface area contributed by atoms with Crippen LogP contribution in [0.15, 0.2) is 18.2 Å². The van der Waals surface area contributed by atoms with Gasteiger partial charge in [-0.1, -0.05) is 13.0 Å². The van der Waals surface area contributed by atoms with Gasteiger partial charge in [-0.25, -0.2) is 8.78 Å². The first-order valence-corrected chi connectivity index (χ1v) is 6.46. The van der Waals surface area contributed by atoms with Gasteiger partial charge in [-0.2, -0.15) is 0 Å². The highest BCUT2D eigenvalue weighted by molar-refractivity contribution is 5.25. The summed E-state index contributed by atoms with van der Waals surface area (Å²) in [7, 11) is 0. The second kappa shape index (κ2) is 5.33. The lowest BCUT2D eigenvalue weighted by atomic mass is 9.77. The topological polar surface area (TPSA) is 32.3 Å². The summed E-state index contributed by atoms with van der Waals surface area (Å²) in [6, 6.07) is 3.79. The van der Waals surface area contributed by atoms with Gasteiger partial charge in [-0.15, -0.1) is 0 Å². The highest BCUT2D eigenvalue weighted by atomic mass is 19.1. The van der Waals surface area contributed by atoms with Crippen molar-refractivity contribution in [3.05, 3.63) is 35.4 Å². The standard InChI is InChI=1S/C14H19F2NO/c1-2-17-11-5-7-14(18,8-6-11)12-4-3-10(15)9-13(12)16/h3-4,9,11,17-18H,2,5-8H2,1H3. The smallest absolute Gasteiger partial charge is 0.132 e. The zero-order valence-electron chi connectivity index (χ0n) is 10.5. The van der Waals surface area contributed by atoms with Gasteiger partial charge in [0.1, 0.15) is 11.6 Å². The molecule has 1 aromatic carbocycles. The van der Waals surface area contributed by atoms with E-state index in [-0.39, 0.29) is 5.56 Å². The molecular weight excluding hydrogens is 236 g/mol. The van der Waals surface area contributed by atoms with Crippen LogP contribution in [0.3, 0.4) is 0 Å². The molecule has 0 saturated heterocycles. The van der Waals surface area contributed by atoms with Crippen molar-refractivity contribution in [1.29, 1.82) is 0 Å². The predicted octanol–water partition coefficient (Wildman–Crippen LogP) is 2.70. The summed E-state index contributed by atoms with van der Waals surface area (Å²) in [5, 5.41) is 13.8. The Kier molecular flexibility index (Phi) is 3.97. The Morgan fingerprint density at radius 3 is 2.56 bits per heavy atom. The van der Waals surface area contributed by atoms with Gasteiger partial charge in [-0.05, 0) is 38.3 Å². The molecule has 2 N–H and O–H groups in total. The van der Waals surface area contributed by atoms with E-state index < -0.39 is 17.2 Å². The number of benzene rings is 1. The van der Waals surface area contributed by atoms with Crippen molar-refractivity contribution in [2.24, 2.45) is 0 Å². The molecule has 1 fully saturated rings. The maximum atomic E-state index is 13.7. The lowest BCUT2D eigenvalue weighted by Gasteiger charge is -2.36. The molecule has 2 rings (SSSR count). The van der Waals surface area contributed by atoms with Gasteiger partial charge in [-0.3, -0.25) is 0 Å². The normalized spacial score (nSPS) is 28.3. The molecule has 0 bridgehead atoms. The van der Waals surface area contributed by atoms with Crippen LogP contribution in [-0.4, -0.2) is 17.7 Å². The molecule has 18 heavy (non-hydrogen) atoms. The first-order valence-electron chi connectivity index (χ1n) is 6.46. The van der Waals surface area contributed by atoms with Crippen LogP contribution in [0.1, 0.15) is 38.2 Å². The van der Waals surface area contributed by atoms with E-state index in [1.807, 2.05) is 6.92 Å². The van der Waals surface area contributed by atoms with E-state index in [4.69, 9.17) is 0 Å². The highest BCUT2D eigenvalue weighted by Gasteiger charge is 2.36. The van der Waals surface area contributed by atoms with Gasteiger partial charge in [0.25, 0.3) is 0 Å². The molecule has 2 nitrogen and oxygen atoms in total. The molecule has 0 heterocycles. The summed E-state index contributed by atoms with van der Waals surface area (Å²) < 4.78 is 26.6. The molecule has 1 aromatic rings. The predicted molar refractivity (Wildman–Crippen MR) is 66.2 cm³/mol. The van der Waals surface area contributed by atoms with Gasteiger partial charge >= 0.3 is 0 Å². The fraction of sp³-hybridized carbons (Fsp3) is 0.571. The van der Waals surface area contributed by atoms with Crippen molar-refractivity contribution in [2.45, 2.75) is 44.2 Å². The van der Waals surface area contributed by atoms with Gasteiger partial charge in [0, 0.05) is 17.7 Å². The third-order valence-corrected chi connectivity index (χ3v) is 3.74. The summed E-state index contributed by atoms with van der Waals surface area (Å²) in [5.41, 5.74) is -0.928. The third-order valence-electron chi connectivity index (χ3n) is 3.74. The maximum Gasteiger partial charge on any atom is 0.132 e. The van der Waals surface area contributed by atoms with E-state index in [0.29, 0.717) is 18.9 Å². The molecule has 0 aromatic heterocycles. The fourth-order valence-electron chi connectivity index (χ4n) is 2.72. The molecule has 0 unspecified atom stereocenters. The third kappa shape index (κ3) is 2.70. The lowest BCUT2D eigenvalue weighted by Crippen LogP contribution is -2.40. The Labute approximate surface area is 106 Å². The van der Waals surface area contributed by atoms with Gasteiger partial charge in [0.15, 0.2) is 0 Å². The number of hydrogen-bond donors (Lipinski definition) is 2. The van der Waals surface area contributed by atoms with Crippen molar-refractivity contribution < 1.29 is 13.9 Å². The van der Waals surface area contributed by atoms with Crippen molar-refractivity contribution in [1.82, 2.24) is 5.32 Å². The minimum absolute atomic E-state index is 0.221. The van der Waals surface area contributed by atoms with Crippen molar-refractivity contribution in [3.63, 3.8) is 0 Å². The molecule has 1 aliphatic carbocycles. The van der Waals surface area contributed by atoms with E-state index in [2.05, 4.69) is 5.32 Å². The molecule has 1 saturated carbocycles. The van der Waals surface area contributed by atoms with Gasteiger partial charge in [0.2, 0.25) is 0 Å². The maximum absolute atomic E-state index is 13.7. The first-order chi connectivity index (χ1) is 8.55. The number of rotatable bonds is 3. The molecule has 0 amide bonds.